The van der Waals surface area contributed by atoms with Crippen LogP contribution in [0.25, 0.3) is 0 Å². The summed E-state index contributed by atoms with van der Waals surface area (Å²) >= 11 is 6.40. The maximum Gasteiger partial charge on any atom is 1.00 e. The number of carboxylic acids is 1. The molecule has 0 amide bonds. The van der Waals surface area contributed by atoms with Gasteiger partial charge in [0.2, 0.25) is 0 Å². The molecule has 0 bridgehead atoms. The fraction of sp³-hybridized carbons (Fsp3) is 0.529. The minimum absolute atomic E-state index is 0. The number of carbonyl (C=O) groups is 1. The number of likely N-dealkylation sites (N-methyl/N-ethyl adjacent to an activating group) is 1. The van der Waals surface area contributed by atoms with Crippen molar-refractivity contribution in [3.8, 4) is 0 Å². The van der Waals surface area contributed by atoms with Crippen LogP contribution in [0.15, 0.2) is 30.3 Å². The Labute approximate surface area is 278 Å². The molecular weight excluding hydrogens is 587 g/mol. The van der Waals surface area contributed by atoms with Crippen molar-refractivity contribution >= 4 is 17.6 Å². The van der Waals surface area contributed by atoms with E-state index in [4.69, 9.17) is 11.6 Å². The Kier molecular flexibility index (Phi) is 17.6. The zero-order chi connectivity index (χ0) is 32.3. The first-order valence-corrected chi connectivity index (χ1v) is 15.3. The maximum atomic E-state index is 14.6. The molecular formula is C34H46ClF4LiN2O2-2. The Bertz CT molecular complexity index is 1160. The summed E-state index contributed by atoms with van der Waals surface area (Å²) < 4.78 is 45.3. The number of halogens is 5. The summed E-state index contributed by atoms with van der Waals surface area (Å²) in [4.78, 5) is 17.0. The molecule has 0 aliphatic carbocycles. The first kappa shape index (κ1) is 40.5. The van der Waals surface area contributed by atoms with E-state index in [2.05, 4.69) is 37.8 Å². The largest absolute Gasteiger partial charge is 1.00 e. The molecule has 3 rings (SSSR count). The van der Waals surface area contributed by atoms with Gasteiger partial charge in [-0.15, -0.1) is 0 Å². The van der Waals surface area contributed by atoms with Crippen LogP contribution < -0.4 is 18.9 Å². The predicted molar refractivity (Wildman–Crippen MR) is 167 cm³/mol. The number of hydrogen-bond donors (Lipinski definition) is 1. The summed E-state index contributed by atoms with van der Waals surface area (Å²) in [5.41, 5.74) is 4.56. The summed E-state index contributed by atoms with van der Waals surface area (Å²) in [7, 11) is 1.83. The van der Waals surface area contributed by atoms with Crippen molar-refractivity contribution in [2.24, 2.45) is 0 Å². The number of hydrogen-bond acceptors (Lipinski definition) is 3. The van der Waals surface area contributed by atoms with Gasteiger partial charge in [-0.2, -0.15) is 12.8 Å². The molecule has 44 heavy (non-hydrogen) atoms. The van der Waals surface area contributed by atoms with Crippen molar-refractivity contribution in [3.63, 3.8) is 0 Å². The van der Waals surface area contributed by atoms with Gasteiger partial charge in [0.1, 0.15) is 11.9 Å². The van der Waals surface area contributed by atoms with Crippen LogP contribution in [0.1, 0.15) is 90.6 Å². The Morgan fingerprint density at radius 3 is 2.14 bits per heavy atom. The van der Waals surface area contributed by atoms with Gasteiger partial charge in [0.25, 0.3) is 6.18 Å². The first-order chi connectivity index (χ1) is 20.2. The van der Waals surface area contributed by atoms with Crippen molar-refractivity contribution in [2.45, 2.75) is 82.8 Å². The molecule has 1 unspecified atom stereocenters. The summed E-state index contributed by atoms with van der Waals surface area (Å²) in [6.07, 6.45) is 2.48. The molecule has 0 spiro atoms. The molecule has 1 aliphatic heterocycles. The molecule has 2 aromatic carbocycles. The van der Waals surface area contributed by atoms with Crippen LogP contribution in [-0.2, 0) is 4.79 Å². The Hall–Kier alpha value is -1.56. The number of nitrogens with zero attached hydrogens (tertiary/aromatic N) is 2. The number of benzene rings is 2. The average molecular weight is 633 g/mol. The smallest absolute Gasteiger partial charge is 0.480 e. The van der Waals surface area contributed by atoms with E-state index in [1.807, 2.05) is 24.9 Å². The third-order valence-electron chi connectivity index (χ3n) is 8.21. The number of likely N-dealkylation sites (tertiary alicyclic amines) is 1. The minimum Gasteiger partial charge on any atom is -0.480 e. The molecule has 242 valence electrons. The van der Waals surface area contributed by atoms with E-state index in [1.54, 1.807) is 6.92 Å². The number of piperidine rings is 1. The van der Waals surface area contributed by atoms with E-state index in [-0.39, 0.29) is 30.7 Å². The van der Waals surface area contributed by atoms with E-state index in [9.17, 15) is 27.5 Å². The Morgan fingerprint density at radius 2 is 1.59 bits per heavy atom. The quantitative estimate of drug-likeness (QED) is 0.164. The molecule has 0 aromatic heterocycles. The van der Waals surface area contributed by atoms with Crippen LogP contribution in [0.2, 0.25) is 5.02 Å². The van der Waals surface area contributed by atoms with E-state index in [0.29, 0.717) is 24.9 Å². The predicted octanol–water partition coefficient (Wildman–Crippen LogP) is 6.12. The average Bonchev–Trinajstić information content (AvgIpc) is 2.91. The third kappa shape index (κ3) is 13.0. The fourth-order valence-corrected chi connectivity index (χ4v) is 6.25. The normalized spacial score (nSPS) is 15.4. The monoisotopic (exact) mass is 632 g/mol. The molecule has 2 aromatic rings. The molecule has 1 heterocycles. The molecule has 2 atom stereocenters. The number of carboxylic acid groups (broad SMARTS) is 1. The van der Waals surface area contributed by atoms with Crippen molar-refractivity contribution in [1.29, 1.82) is 0 Å². The zero-order valence-corrected chi connectivity index (χ0v) is 27.4. The van der Waals surface area contributed by atoms with Crippen LogP contribution in [-0.4, -0.2) is 60.3 Å². The van der Waals surface area contributed by atoms with Gasteiger partial charge in [-0.1, -0.05) is 30.0 Å². The van der Waals surface area contributed by atoms with Gasteiger partial charge in [-0.05, 0) is 131 Å². The van der Waals surface area contributed by atoms with E-state index >= 15 is 0 Å². The Balaban J connectivity index is 0.00000149. The maximum absolute atomic E-state index is 14.6. The van der Waals surface area contributed by atoms with Gasteiger partial charge in [0.15, 0.2) is 0 Å². The summed E-state index contributed by atoms with van der Waals surface area (Å²) in [6, 6.07) is 7.97. The van der Waals surface area contributed by atoms with Crippen LogP contribution in [0.5, 0.6) is 0 Å². The second-order valence-electron chi connectivity index (χ2n) is 11.5. The number of aryl methyl sites for hydroxylation is 2. The van der Waals surface area contributed by atoms with Gasteiger partial charge in [0.05, 0.1) is 0 Å². The molecule has 1 aliphatic rings. The topological polar surface area (TPSA) is 43.8 Å². The molecule has 1 N–H and O–H groups in total. The van der Waals surface area contributed by atoms with Crippen molar-refractivity contribution in [2.75, 3.05) is 33.2 Å². The number of alkyl halides is 3. The second kappa shape index (κ2) is 19.2. The molecule has 1 fully saturated rings. The molecule has 10 heteroatoms. The number of aliphatic carboxylic acids is 1. The first-order valence-electron chi connectivity index (χ1n) is 14.9. The van der Waals surface area contributed by atoms with Gasteiger partial charge < -0.3 is 23.9 Å². The third-order valence-corrected chi connectivity index (χ3v) is 8.45. The van der Waals surface area contributed by atoms with Crippen LogP contribution in [0, 0.1) is 40.4 Å². The standard InChI is InChI=1S/C32H44ClFN2O2.C2H2F3.Li/c1-6-24(7-2)30-23(4)19-27(34)21-29(30)31(32(37)38)35(5)17-13-25(14-18-36-15-9-8-10-16-36)28-20-26(33)12-11-22(28)3;1-2(3,4)5;/h11-12,19-21,24-25,31H,1-2,6-10,13-18H2,3-5H3,(H,37,38);1H2;/q-2;-1;+1/t25-,31?;;/m1../s1. The SMILES string of the molecule is [CH2-]C(F)(F)F.[CH2-]CC(C[CH2-])c1c(C)cc(F)cc1C(C(=O)O)N(C)CC[C@H](CCN1CCCCC1)c1cc(Cl)ccc1C.[Li+]. The van der Waals surface area contributed by atoms with E-state index in [1.165, 1.54) is 42.5 Å². The van der Waals surface area contributed by atoms with Crippen LogP contribution in [0.3, 0.4) is 0 Å². The minimum atomic E-state index is -4.25. The molecule has 0 saturated carbocycles. The van der Waals surface area contributed by atoms with Gasteiger partial charge >= 0.3 is 24.8 Å². The second-order valence-corrected chi connectivity index (χ2v) is 12.0. The Morgan fingerprint density at radius 1 is 1.00 bits per heavy atom. The van der Waals surface area contributed by atoms with Gasteiger partial charge in [0, 0.05) is 5.02 Å². The summed E-state index contributed by atoms with van der Waals surface area (Å²) in [5.74, 6) is -1.17. The van der Waals surface area contributed by atoms with Crippen molar-refractivity contribution < 1.29 is 46.3 Å². The summed E-state index contributed by atoms with van der Waals surface area (Å²) in [6.45, 7) is 17.7. The summed E-state index contributed by atoms with van der Waals surface area (Å²) in [5, 5.41) is 11.1. The van der Waals surface area contributed by atoms with Crippen LogP contribution >= 0.6 is 11.6 Å². The van der Waals surface area contributed by atoms with Crippen molar-refractivity contribution in [1.82, 2.24) is 9.80 Å². The molecule has 0 radical (unpaired) electrons. The van der Waals surface area contributed by atoms with Crippen LogP contribution in [0.4, 0.5) is 17.6 Å². The molecule has 1 saturated heterocycles. The van der Waals surface area contributed by atoms with E-state index in [0.717, 1.165) is 48.6 Å². The van der Waals surface area contributed by atoms with Crippen molar-refractivity contribution in [3.05, 3.63) is 89.8 Å². The zero-order valence-electron chi connectivity index (χ0n) is 26.7. The van der Waals surface area contributed by atoms with Gasteiger partial charge in [-0.25, -0.2) is 24.5 Å². The molecule has 4 nitrogen and oxygen atoms in total. The van der Waals surface area contributed by atoms with Gasteiger partial charge in [-0.3, -0.25) is 9.69 Å². The fourth-order valence-electron chi connectivity index (χ4n) is 6.07. The van der Waals surface area contributed by atoms with E-state index < -0.39 is 24.0 Å². The number of rotatable bonds is 13.